The summed E-state index contributed by atoms with van der Waals surface area (Å²) >= 11 is 9.36. The lowest BCUT2D eigenvalue weighted by atomic mass is 10.2. The van der Waals surface area contributed by atoms with Crippen LogP contribution in [0.15, 0.2) is 46.9 Å². The number of para-hydroxylation sites is 1. The van der Waals surface area contributed by atoms with Crippen molar-refractivity contribution in [2.75, 3.05) is 0 Å². The quantitative estimate of drug-likeness (QED) is 0.669. The Kier molecular flexibility index (Phi) is 3.06. The molecule has 0 radical (unpaired) electrons. The summed E-state index contributed by atoms with van der Waals surface area (Å²) in [5.41, 5.74) is 3.89. The molecule has 18 heavy (non-hydrogen) atoms. The van der Waals surface area contributed by atoms with Crippen molar-refractivity contribution in [3.05, 3.63) is 52.5 Å². The fraction of sp³-hybridized carbons (Fsp3) is 0.0769. The third kappa shape index (κ3) is 1.91. The lowest BCUT2D eigenvalue weighted by Gasteiger charge is -2.06. The molecule has 1 heterocycles. The summed E-state index contributed by atoms with van der Waals surface area (Å²) in [6, 6.07) is 13.8. The normalized spacial score (nSPS) is 11.0. The molecule has 0 spiro atoms. The van der Waals surface area contributed by atoms with Crippen molar-refractivity contribution in [2.24, 2.45) is 0 Å². The van der Waals surface area contributed by atoms with Gasteiger partial charge in [0.15, 0.2) is 0 Å². The maximum atomic E-state index is 5.82. The van der Waals surface area contributed by atoms with Gasteiger partial charge in [-0.3, -0.25) is 0 Å². The van der Waals surface area contributed by atoms with Crippen LogP contribution in [0.5, 0.6) is 0 Å². The summed E-state index contributed by atoms with van der Waals surface area (Å²) in [7, 11) is 0. The first-order valence-electron chi connectivity index (χ1n) is 5.45. The van der Waals surface area contributed by atoms with E-state index in [4.69, 9.17) is 11.6 Å². The van der Waals surface area contributed by atoms with Crippen molar-refractivity contribution in [3.8, 4) is 5.69 Å². The van der Waals surface area contributed by atoms with Gasteiger partial charge in [0.05, 0.1) is 11.2 Å². The van der Waals surface area contributed by atoms with Crippen LogP contribution in [0.1, 0.15) is 5.56 Å². The van der Waals surface area contributed by atoms with E-state index >= 15 is 0 Å². The Morgan fingerprint density at radius 1 is 1.17 bits per heavy atom. The molecule has 0 saturated carbocycles. The number of halogens is 2. The van der Waals surface area contributed by atoms with E-state index in [2.05, 4.69) is 26.2 Å². The number of alkyl halides is 1. The number of rotatable bonds is 2. The van der Waals surface area contributed by atoms with Crippen molar-refractivity contribution in [3.63, 3.8) is 0 Å². The lowest BCUT2D eigenvalue weighted by Crippen LogP contribution is -1.98. The molecule has 3 rings (SSSR count). The molecule has 0 saturated heterocycles. The summed E-state index contributed by atoms with van der Waals surface area (Å²) in [6.07, 6.45) is 0. The number of benzene rings is 2. The van der Waals surface area contributed by atoms with Gasteiger partial charge in [0.2, 0.25) is 0 Å². The molecule has 2 aromatic carbocycles. The van der Waals surface area contributed by atoms with E-state index in [0.29, 0.717) is 5.88 Å². The Labute approximate surface area is 118 Å². The van der Waals surface area contributed by atoms with E-state index in [1.165, 1.54) is 0 Å². The molecule has 3 aromatic rings. The Bertz CT molecular complexity index is 708. The number of aromatic nitrogens is 3. The van der Waals surface area contributed by atoms with Crippen LogP contribution in [-0.4, -0.2) is 15.0 Å². The van der Waals surface area contributed by atoms with Gasteiger partial charge in [0, 0.05) is 10.4 Å². The van der Waals surface area contributed by atoms with Crippen molar-refractivity contribution >= 4 is 38.6 Å². The van der Waals surface area contributed by atoms with Gasteiger partial charge in [-0.1, -0.05) is 23.4 Å². The zero-order valence-electron chi connectivity index (χ0n) is 9.35. The maximum absolute atomic E-state index is 5.82. The number of fused-ring (bicyclic) bond motifs is 1. The van der Waals surface area contributed by atoms with Crippen molar-refractivity contribution in [1.29, 1.82) is 0 Å². The highest BCUT2D eigenvalue weighted by Crippen LogP contribution is 2.25. The first-order valence-corrected chi connectivity index (χ1v) is 6.77. The molecular weight excluding hydrogens is 314 g/mol. The standard InChI is InChI=1S/C13H9BrClN3/c14-10-7-9(8-15)5-6-12(10)18-13-4-2-1-3-11(13)16-17-18/h1-7H,8H2. The molecule has 0 fully saturated rings. The minimum absolute atomic E-state index is 0.497. The van der Waals surface area contributed by atoms with Crippen LogP contribution in [0.25, 0.3) is 16.7 Å². The molecule has 3 nitrogen and oxygen atoms in total. The molecule has 0 N–H and O–H groups in total. The molecule has 0 aliphatic heterocycles. The zero-order valence-corrected chi connectivity index (χ0v) is 11.7. The summed E-state index contributed by atoms with van der Waals surface area (Å²) in [4.78, 5) is 0. The summed E-state index contributed by atoms with van der Waals surface area (Å²) < 4.78 is 2.77. The Hall–Kier alpha value is -1.39. The van der Waals surface area contributed by atoms with Gasteiger partial charge in [-0.2, -0.15) is 0 Å². The van der Waals surface area contributed by atoms with E-state index < -0.39 is 0 Å². The van der Waals surface area contributed by atoms with Gasteiger partial charge >= 0.3 is 0 Å². The molecule has 0 unspecified atom stereocenters. The van der Waals surface area contributed by atoms with Gasteiger partial charge in [0.25, 0.3) is 0 Å². The van der Waals surface area contributed by atoms with Crippen LogP contribution >= 0.6 is 27.5 Å². The van der Waals surface area contributed by atoms with Crippen LogP contribution < -0.4 is 0 Å². The third-order valence-corrected chi connectivity index (χ3v) is 3.69. The molecule has 0 amide bonds. The molecule has 0 bridgehead atoms. The number of hydrogen-bond donors (Lipinski definition) is 0. The Morgan fingerprint density at radius 2 is 2.00 bits per heavy atom. The SMILES string of the molecule is ClCc1ccc(-n2nnc3ccccc32)c(Br)c1. The van der Waals surface area contributed by atoms with Crippen LogP contribution in [0.2, 0.25) is 0 Å². The Balaban J connectivity index is 2.20. The van der Waals surface area contributed by atoms with E-state index in [1.807, 2.05) is 47.1 Å². The third-order valence-electron chi connectivity index (χ3n) is 2.75. The fourth-order valence-corrected chi connectivity index (χ4v) is 2.61. The van der Waals surface area contributed by atoms with Crippen molar-refractivity contribution in [1.82, 2.24) is 15.0 Å². The Morgan fingerprint density at radius 3 is 2.78 bits per heavy atom. The predicted octanol–water partition coefficient (Wildman–Crippen LogP) is 3.92. The second-order valence-electron chi connectivity index (χ2n) is 3.91. The van der Waals surface area contributed by atoms with Crippen LogP contribution in [0, 0.1) is 0 Å². The number of hydrogen-bond acceptors (Lipinski definition) is 2. The van der Waals surface area contributed by atoms with Crippen molar-refractivity contribution < 1.29 is 0 Å². The van der Waals surface area contributed by atoms with Crippen LogP contribution in [0.3, 0.4) is 0 Å². The van der Waals surface area contributed by atoms with E-state index in [-0.39, 0.29) is 0 Å². The van der Waals surface area contributed by atoms with Crippen LogP contribution in [-0.2, 0) is 5.88 Å². The molecule has 0 aliphatic carbocycles. The van der Waals surface area contributed by atoms with Gasteiger partial charge in [-0.05, 0) is 45.8 Å². The van der Waals surface area contributed by atoms with Gasteiger partial charge in [-0.15, -0.1) is 16.7 Å². The molecule has 5 heteroatoms. The first kappa shape index (κ1) is 11.7. The van der Waals surface area contributed by atoms with Gasteiger partial charge in [0.1, 0.15) is 5.52 Å². The smallest absolute Gasteiger partial charge is 0.113 e. The number of nitrogens with zero attached hydrogens (tertiary/aromatic N) is 3. The van der Waals surface area contributed by atoms with Gasteiger partial charge in [-0.25, -0.2) is 4.68 Å². The highest BCUT2D eigenvalue weighted by atomic mass is 79.9. The molecule has 0 atom stereocenters. The minimum atomic E-state index is 0.497. The maximum Gasteiger partial charge on any atom is 0.113 e. The molecule has 0 aliphatic rings. The lowest BCUT2D eigenvalue weighted by molar-refractivity contribution is 0.820. The summed E-state index contributed by atoms with van der Waals surface area (Å²) in [6.45, 7) is 0. The first-order chi connectivity index (χ1) is 8.79. The average molecular weight is 323 g/mol. The van der Waals surface area contributed by atoms with E-state index in [9.17, 15) is 0 Å². The summed E-state index contributed by atoms with van der Waals surface area (Å²) in [5, 5.41) is 8.33. The van der Waals surface area contributed by atoms with E-state index in [1.54, 1.807) is 0 Å². The summed E-state index contributed by atoms with van der Waals surface area (Å²) in [5.74, 6) is 0.497. The average Bonchev–Trinajstić information content (AvgIpc) is 2.82. The highest BCUT2D eigenvalue weighted by Gasteiger charge is 2.09. The second kappa shape index (κ2) is 4.71. The van der Waals surface area contributed by atoms with Crippen molar-refractivity contribution in [2.45, 2.75) is 5.88 Å². The predicted molar refractivity (Wildman–Crippen MR) is 76.1 cm³/mol. The zero-order chi connectivity index (χ0) is 12.5. The second-order valence-corrected chi connectivity index (χ2v) is 5.03. The fourth-order valence-electron chi connectivity index (χ4n) is 1.85. The van der Waals surface area contributed by atoms with E-state index in [0.717, 1.165) is 26.8 Å². The van der Waals surface area contributed by atoms with Gasteiger partial charge < -0.3 is 0 Å². The molecule has 1 aromatic heterocycles. The topological polar surface area (TPSA) is 30.7 Å². The monoisotopic (exact) mass is 321 g/mol. The molecule has 90 valence electrons. The highest BCUT2D eigenvalue weighted by molar-refractivity contribution is 9.10. The van der Waals surface area contributed by atoms with Crippen LogP contribution in [0.4, 0.5) is 0 Å². The minimum Gasteiger partial charge on any atom is -0.212 e. The molecular formula is C13H9BrClN3. The largest absolute Gasteiger partial charge is 0.212 e.